The van der Waals surface area contributed by atoms with Crippen LogP contribution in [-0.4, -0.2) is 29.1 Å². The lowest BCUT2D eigenvalue weighted by Gasteiger charge is -2.18. The molecule has 0 spiro atoms. The van der Waals surface area contributed by atoms with Gasteiger partial charge in [-0.1, -0.05) is 23.7 Å². The molecule has 1 aliphatic heterocycles. The van der Waals surface area contributed by atoms with Gasteiger partial charge in [-0.3, -0.25) is 4.79 Å². The number of aromatic nitrogens is 2. The van der Waals surface area contributed by atoms with E-state index in [0.29, 0.717) is 52.4 Å². The monoisotopic (exact) mass is 405 g/mol. The molecule has 0 fully saturated rings. The Hall–Kier alpha value is -3.51. The number of hydrogen-bond acceptors (Lipinski definition) is 4. The molecule has 0 radical (unpaired) electrons. The molecular formula is C22H16ClN3O3. The number of ether oxygens (including phenoxy) is 2. The fraction of sp³-hybridized carbons (Fsp3) is 0.0909. The smallest absolute Gasteiger partial charge is 0.255 e. The molecule has 0 atom stereocenters. The minimum Gasteiger partial charge on any atom is -0.486 e. The molecule has 7 heteroatoms. The van der Waals surface area contributed by atoms with E-state index in [4.69, 9.17) is 21.1 Å². The molecule has 3 aromatic carbocycles. The summed E-state index contributed by atoms with van der Waals surface area (Å²) in [5, 5.41) is 3.44. The Bertz CT molecular complexity index is 1200. The van der Waals surface area contributed by atoms with Crippen LogP contribution in [-0.2, 0) is 0 Å². The van der Waals surface area contributed by atoms with Gasteiger partial charge < -0.3 is 19.8 Å². The Labute approximate surface area is 171 Å². The SMILES string of the molecule is O=C(Nc1ccc(Cl)c(-c2nc3ccccc3[nH]2)c1)c1ccc2c(c1)OCCO2. The lowest BCUT2D eigenvalue weighted by atomic mass is 10.1. The zero-order valence-electron chi connectivity index (χ0n) is 15.2. The van der Waals surface area contributed by atoms with Crippen molar-refractivity contribution >= 4 is 34.2 Å². The molecule has 2 heterocycles. The molecule has 29 heavy (non-hydrogen) atoms. The molecule has 5 rings (SSSR count). The Kier molecular flexibility index (Phi) is 4.33. The number of carbonyl (C=O) groups excluding carboxylic acids is 1. The van der Waals surface area contributed by atoms with Crippen LogP contribution in [0.2, 0.25) is 5.02 Å². The highest BCUT2D eigenvalue weighted by Gasteiger charge is 2.16. The zero-order valence-corrected chi connectivity index (χ0v) is 16.0. The number of rotatable bonds is 3. The topological polar surface area (TPSA) is 76.2 Å². The number of H-pyrrole nitrogens is 1. The number of benzene rings is 3. The molecule has 2 N–H and O–H groups in total. The fourth-order valence-corrected chi connectivity index (χ4v) is 3.46. The third-order valence-corrected chi connectivity index (χ3v) is 5.00. The summed E-state index contributed by atoms with van der Waals surface area (Å²) in [6.07, 6.45) is 0. The molecule has 1 aliphatic rings. The summed E-state index contributed by atoms with van der Waals surface area (Å²) in [6.45, 7) is 0.976. The fourth-order valence-electron chi connectivity index (χ4n) is 3.25. The summed E-state index contributed by atoms with van der Waals surface area (Å²) in [7, 11) is 0. The van der Waals surface area contributed by atoms with Gasteiger partial charge in [0.2, 0.25) is 0 Å². The average molecular weight is 406 g/mol. The van der Waals surface area contributed by atoms with Gasteiger partial charge in [-0.05, 0) is 48.5 Å². The van der Waals surface area contributed by atoms with Crippen LogP contribution in [0.4, 0.5) is 5.69 Å². The molecule has 1 amide bonds. The molecule has 144 valence electrons. The Morgan fingerprint density at radius 2 is 1.83 bits per heavy atom. The van der Waals surface area contributed by atoms with E-state index in [9.17, 15) is 4.79 Å². The average Bonchev–Trinajstić information content (AvgIpc) is 3.18. The molecule has 1 aromatic heterocycles. The summed E-state index contributed by atoms with van der Waals surface area (Å²) in [4.78, 5) is 20.6. The minimum atomic E-state index is -0.250. The van der Waals surface area contributed by atoms with E-state index < -0.39 is 0 Å². The van der Waals surface area contributed by atoms with Crippen LogP contribution in [0.3, 0.4) is 0 Å². The predicted molar refractivity (Wildman–Crippen MR) is 112 cm³/mol. The normalized spacial score (nSPS) is 12.7. The van der Waals surface area contributed by atoms with Crippen molar-refractivity contribution in [3.8, 4) is 22.9 Å². The first-order chi connectivity index (χ1) is 14.2. The van der Waals surface area contributed by atoms with Gasteiger partial charge in [-0.25, -0.2) is 4.98 Å². The Morgan fingerprint density at radius 3 is 2.69 bits per heavy atom. The van der Waals surface area contributed by atoms with Crippen LogP contribution in [0.5, 0.6) is 11.5 Å². The third kappa shape index (κ3) is 3.39. The molecule has 0 unspecified atom stereocenters. The van der Waals surface area contributed by atoms with Gasteiger partial charge in [0, 0.05) is 16.8 Å². The maximum absolute atomic E-state index is 12.7. The maximum Gasteiger partial charge on any atom is 0.255 e. The summed E-state index contributed by atoms with van der Waals surface area (Å²) in [5.74, 6) is 1.61. The van der Waals surface area contributed by atoms with Gasteiger partial charge >= 0.3 is 0 Å². The standard InChI is InChI=1S/C22H16ClN3O3/c23-16-7-6-14(12-15(16)21-25-17-3-1-2-4-18(17)26-21)24-22(27)13-5-8-19-20(11-13)29-10-9-28-19/h1-8,11-12H,9-10H2,(H,24,27)(H,25,26). The number of amides is 1. The summed E-state index contributed by atoms with van der Waals surface area (Å²) in [6, 6.07) is 18.2. The summed E-state index contributed by atoms with van der Waals surface area (Å²) in [5.41, 5.74) is 3.58. The summed E-state index contributed by atoms with van der Waals surface area (Å²) >= 11 is 6.39. The van der Waals surface area contributed by atoms with Crippen molar-refractivity contribution in [3.63, 3.8) is 0 Å². The molecule has 4 aromatic rings. The lowest BCUT2D eigenvalue weighted by molar-refractivity contribution is 0.102. The highest BCUT2D eigenvalue weighted by atomic mass is 35.5. The van der Waals surface area contributed by atoms with Crippen LogP contribution >= 0.6 is 11.6 Å². The van der Waals surface area contributed by atoms with Gasteiger partial charge in [-0.2, -0.15) is 0 Å². The van der Waals surface area contributed by atoms with Crippen molar-refractivity contribution in [2.24, 2.45) is 0 Å². The number of imidazole rings is 1. The van der Waals surface area contributed by atoms with Crippen LogP contribution in [0, 0.1) is 0 Å². The van der Waals surface area contributed by atoms with E-state index in [2.05, 4.69) is 15.3 Å². The predicted octanol–water partition coefficient (Wildman–Crippen LogP) is 4.91. The first-order valence-electron chi connectivity index (χ1n) is 9.13. The van der Waals surface area contributed by atoms with E-state index in [1.54, 1.807) is 36.4 Å². The number of nitrogens with one attached hydrogen (secondary N) is 2. The largest absolute Gasteiger partial charge is 0.486 e. The summed E-state index contributed by atoms with van der Waals surface area (Å²) < 4.78 is 11.0. The van der Waals surface area contributed by atoms with Gasteiger partial charge in [-0.15, -0.1) is 0 Å². The van der Waals surface area contributed by atoms with Gasteiger partial charge in [0.25, 0.3) is 5.91 Å². The third-order valence-electron chi connectivity index (χ3n) is 4.67. The van der Waals surface area contributed by atoms with E-state index in [-0.39, 0.29) is 5.91 Å². The molecule has 6 nitrogen and oxygen atoms in total. The number of anilines is 1. The lowest BCUT2D eigenvalue weighted by Crippen LogP contribution is -2.17. The van der Waals surface area contributed by atoms with Crippen LogP contribution in [0.25, 0.3) is 22.4 Å². The quantitative estimate of drug-likeness (QED) is 0.508. The number of nitrogens with zero attached hydrogens (tertiary/aromatic N) is 1. The second-order valence-corrected chi connectivity index (χ2v) is 7.02. The van der Waals surface area contributed by atoms with Crippen molar-refractivity contribution in [2.45, 2.75) is 0 Å². The number of fused-ring (bicyclic) bond motifs is 2. The van der Waals surface area contributed by atoms with Crippen molar-refractivity contribution in [3.05, 3.63) is 71.2 Å². The van der Waals surface area contributed by atoms with Crippen molar-refractivity contribution in [1.29, 1.82) is 0 Å². The van der Waals surface area contributed by atoms with Gasteiger partial charge in [0.05, 0.1) is 16.1 Å². The highest BCUT2D eigenvalue weighted by molar-refractivity contribution is 6.33. The van der Waals surface area contributed by atoms with Crippen molar-refractivity contribution in [1.82, 2.24) is 9.97 Å². The zero-order chi connectivity index (χ0) is 19.8. The molecule has 0 saturated carbocycles. The number of aromatic amines is 1. The first kappa shape index (κ1) is 17.6. The van der Waals surface area contributed by atoms with Crippen LogP contribution in [0.15, 0.2) is 60.7 Å². The number of hydrogen-bond donors (Lipinski definition) is 2. The van der Waals surface area contributed by atoms with E-state index in [1.165, 1.54) is 0 Å². The minimum absolute atomic E-state index is 0.250. The number of carbonyl (C=O) groups is 1. The van der Waals surface area contributed by atoms with E-state index in [0.717, 1.165) is 11.0 Å². The van der Waals surface area contributed by atoms with Crippen molar-refractivity contribution in [2.75, 3.05) is 18.5 Å². The van der Waals surface area contributed by atoms with Crippen molar-refractivity contribution < 1.29 is 14.3 Å². The maximum atomic E-state index is 12.7. The van der Waals surface area contributed by atoms with Crippen LogP contribution in [0.1, 0.15) is 10.4 Å². The second kappa shape index (κ2) is 7.14. The van der Waals surface area contributed by atoms with Crippen LogP contribution < -0.4 is 14.8 Å². The van der Waals surface area contributed by atoms with Gasteiger partial charge in [0.1, 0.15) is 19.0 Å². The molecular weight excluding hydrogens is 390 g/mol. The van der Waals surface area contributed by atoms with E-state index in [1.807, 2.05) is 24.3 Å². The number of para-hydroxylation sites is 2. The highest BCUT2D eigenvalue weighted by Crippen LogP contribution is 2.32. The molecule has 0 aliphatic carbocycles. The Morgan fingerprint density at radius 1 is 1.00 bits per heavy atom. The second-order valence-electron chi connectivity index (χ2n) is 6.61. The first-order valence-corrected chi connectivity index (χ1v) is 9.51. The number of halogens is 1. The van der Waals surface area contributed by atoms with E-state index >= 15 is 0 Å². The molecule has 0 bridgehead atoms. The van der Waals surface area contributed by atoms with Gasteiger partial charge in [0.15, 0.2) is 11.5 Å². The molecule has 0 saturated heterocycles. The Balaban J connectivity index is 1.43.